The van der Waals surface area contributed by atoms with Gasteiger partial charge in [0, 0.05) is 12.8 Å². The van der Waals surface area contributed by atoms with Crippen molar-refractivity contribution >= 4 is 23.7 Å². The van der Waals surface area contributed by atoms with Gasteiger partial charge < -0.3 is 28.8 Å². The van der Waals surface area contributed by atoms with E-state index in [1.807, 2.05) is 0 Å². The standard InChI is InChI=1S/C21H36O10/c1-2-3-4-5-6-7-19(23)30-16-14-28-12-10-27-11-13-29-15-17-31-20(24)9-8-18(22)21(25)26/h2-17H2,1H3,(H,25,26). The van der Waals surface area contributed by atoms with Crippen LogP contribution in [-0.4, -0.2) is 81.7 Å². The molecule has 0 aliphatic carbocycles. The van der Waals surface area contributed by atoms with Crippen molar-refractivity contribution in [3.05, 3.63) is 0 Å². The number of hydrogen-bond donors (Lipinski definition) is 1. The smallest absolute Gasteiger partial charge is 0.372 e. The summed E-state index contributed by atoms with van der Waals surface area (Å²) in [5.74, 6) is -3.42. The van der Waals surface area contributed by atoms with Crippen molar-refractivity contribution < 1.29 is 48.0 Å². The topological polar surface area (TPSA) is 135 Å². The third kappa shape index (κ3) is 21.0. The second-order valence-electron chi connectivity index (χ2n) is 6.67. The number of aliphatic carboxylic acids is 1. The molecule has 0 saturated heterocycles. The van der Waals surface area contributed by atoms with E-state index in [4.69, 9.17) is 28.8 Å². The second-order valence-corrected chi connectivity index (χ2v) is 6.67. The molecule has 180 valence electrons. The minimum atomic E-state index is -1.56. The quantitative estimate of drug-likeness (QED) is 0.149. The fourth-order valence-corrected chi connectivity index (χ4v) is 2.31. The fourth-order valence-electron chi connectivity index (χ4n) is 2.31. The van der Waals surface area contributed by atoms with Gasteiger partial charge in [-0.3, -0.25) is 14.4 Å². The molecular weight excluding hydrogens is 412 g/mol. The van der Waals surface area contributed by atoms with Gasteiger partial charge in [-0.2, -0.15) is 0 Å². The number of carboxylic acid groups (broad SMARTS) is 1. The highest BCUT2D eigenvalue weighted by molar-refractivity contribution is 6.32. The number of ketones is 1. The van der Waals surface area contributed by atoms with E-state index in [0.717, 1.165) is 19.3 Å². The van der Waals surface area contributed by atoms with E-state index in [0.29, 0.717) is 39.5 Å². The van der Waals surface area contributed by atoms with Gasteiger partial charge in [-0.05, 0) is 6.42 Å². The molecular formula is C21H36O10. The SMILES string of the molecule is CCCCCCCC(=O)OCCOCCOCCOCCOC(=O)CCC(=O)C(=O)O. The number of ether oxygens (including phenoxy) is 5. The molecule has 0 heterocycles. The maximum Gasteiger partial charge on any atom is 0.372 e. The molecule has 0 fully saturated rings. The van der Waals surface area contributed by atoms with Crippen LogP contribution < -0.4 is 0 Å². The predicted octanol–water partition coefficient (Wildman–Crippen LogP) is 1.92. The third-order valence-electron chi connectivity index (χ3n) is 4.00. The predicted molar refractivity (Wildman–Crippen MR) is 110 cm³/mol. The third-order valence-corrected chi connectivity index (χ3v) is 4.00. The lowest BCUT2D eigenvalue weighted by atomic mass is 10.1. The number of carbonyl (C=O) groups excluding carboxylic acids is 3. The molecule has 0 aliphatic rings. The van der Waals surface area contributed by atoms with Gasteiger partial charge in [0.05, 0.1) is 46.1 Å². The Morgan fingerprint density at radius 2 is 1.03 bits per heavy atom. The van der Waals surface area contributed by atoms with Gasteiger partial charge in [0.25, 0.3) is 0 Å². The molecule has 0 amide bonds. The highest BCUT2D eigenvalue weighted by Gasteiger charge is 2.14. The Morgan fingerprint density at radius 3 is 1.52 bits per heavy atom. The minimum Gasteiger partial charge on any atom is -0.476 e. The molecule has 10 heteroatoms. The van der Waals surface area contributed by atoms with E-state index in [1.165, 1.54) is 12.8 Å². The van der Waals surface area contributed by atoms with Crippen LogP contribution >= 0.6 is 0 Å². The number of Topliss-reactive ketones (excluding diaryl/α,β-unsaturated/α-hetero) is 1. The molecule has 0 atom stereocenters. The summed E-state index contributed by atoms with van der Waals surface area (Å²) >= 11 is 0. The van der Waals surface area contributed by atoms with Crippen molar-refractivity contribution in [1.82, 2.24) is 0 Å². The number of carboxylic acids is 1. The molecule has 31 heavy (non-hydrogen) atoms. The summed E-state index contributed by atoms with van der Waals surface area (Å²) in [4.78, 5) is 43.9. The Morgan fingerprint density at radius 1 is 0.581 bits per heavy atom. The molecule has 0 rings (SSSR count). The Balaban J connectivity index is 3.28. The van der Waals surface area contributed by atoms with Gasteiger partial charge in [-0.1, -0.05) is 32.6 Å². The first-order valence-electron chi connectivity index (χ1n) is 10.8. The van der Waals surface area contributed by atoms with E-state index in [-0.39, 0.29) is 38.6 Å². The molecule has 0 saturated carbocycles. The highest BCUT2D eigenvalue weighted by Crippen LogP contribution is 2.05. The number of carbonyl (C=O) groups is 4. The zero-order valence-corrected chi connectivity index (χ0v) is 18.4. The molecule has 0 aromatic carbocycles. The molecule has 1 N–H and O–H groups in total. The summed E-state index contributed by atoms with van der Waals surface area (Å²) in [5, 5.41) is 8.39. The lowest BCUT2D eigenvalue weighted by Crippen LogP contribution is -2.17. The first-order valence-corrected chi connectivity index (χ1v) is 10.8. The van der Waals surface area contributed by atoms with Crippen LogP contribution in [0.5, 0.6) is 0 Å². The molecule has 0 bridgehead atoms. The van der Waals surface area contributed by atoms with Crippen LogP contribution in [0.25, 0.3) is 0 Å². The molecule has 0 radical (unpaired) electrons. The average Bonchev–Trinajstić information content (AvgIpc) is 2.74. The van der Waals surface area contributed by atoms with Gasteiger partial charge in [0.15, 0.2) is 0 Å². The van der Waals surface area contributed by atoms with Gasteiger partial charge in [-0.15, -0.1) is 0 Å². The number of esters is 2. The molecule has 0 unspecified atom stereocenters. The highest BCUT2D eigenvalue weighted by atomic mass is 16.6. The van der Waals surface area contributed by atoms with Crippen molar-refractivity contribution in [2.45, 2.75) is 58.3 Å². The number of hydrogen-bond acceptors (Lipinski definition) is 9. The number of rotatable bonds is 22. The van der Waals surface area contributed by atoms with Crippen molar-refractivity contribution in [2.75, 3.05) is 52.9 Å². The number of unbranched alkanes of at least 4 members (excludes halogenated alkanes) is 4. The van der Waals surface area contributed by atoms with Gasteiger partial charge in [-0.25, -0.2) is 4.79 Å². The largest absolute Gasteiger partial charge is 0.476 e. The Bertz CT molecular complexity index is 506. The van der Waals surface area contributed by atoms with Crippen molar-refractivity contribution in [3.8, 4) is 0 Å². The van der Waals surface area contributed by atoms with Gasteiger partial charge >= 0.3 is 17.9 Å². The van der Waals surface area contributed by atoms with Crippen LogP contribution in [0.2, 0.25) is 0 Å². The first kappa shape index (κ1) is 29.0. The molecule has 0 aromatic heterocycles. The maximum atomic E-state index is 11.5. The molecule has 0 aromatic rings. The Hall–Kier alpha value is -2.04. The minimum absolute atomic E-state index is 0.0146. The molecule has 10 nitrogen and oxygen atoms in total. The summed E-state index contributed by atoms with van der Waals surface area (Å²) in [7, 11) is 0. The lowest BCUT2D eigenvalue weighted by molar-refractivity contribution is -0.151. The van der Waals surface area contributed by atoms with Gasteiger partial charge in [0.1, 0.15) is 13.2 Å². The van der Waals surface area contributed by atoms with Crippen molar-refractivity contribution in [3.63, 3.8) is 0 Å². The summed E-state index contributed by atoms with van der Waals surface area (Å²) in [5.41, 5.74) is 0. The van der Waals surface area contributed by atoms with Crippen molar-refractivity contribution in [2.24, 2.45) is 0 Å². The first-order chi connectivity index (χ1) is 15.0. The van der Waals surface area contributed by atoms with E-state index in [2.05, 4.69) is 6.92 Å². The van der Waals surface area contributed by atoms with Gasteiger partial charge in [0.2, 0.25) is 5.78 Å². The Kier molecular flexibility index (Phi) is 19.8. The van der Waals surface area contributed by atoms with Crippen LogP contribution in [-0.2, 0) is 42.9 Å². The van der Waals surface area contributed by atoms with Crippen LogP contribution in [0.15, 0.2) is 0 Å². The summed E-state index contributed by atoms with van der Waals surface area (Å²) in [6.45, 7) is 4.30. The van der Waals surface area contributed by atoms with E-state index in [9.17, 15) is 19.2 Å². The second kappa shape index (κ2) is 21.2. The molecule has 0 aliphatic heterocycles. The van der Waals surface area contributed by atoms with Crippen LogP contribution in [0.3, 0.4) is 0 Å². The average molecular weight is 449 g/mol. The fraction of sp³-hybridized carbons (Fsp3) is 0.810. The summed E-state index contributed by atoms with van der Waals surface area (Å²) < 4.78 is 25.7. The molecule has 0 spiro atoms. The monoisotopic (exact) mass is 448 g/mol. The zero-order chi connectivity index (χ0) is 23.2. The lowest BCUT2D eigenvalue weighted by Gasteiger charge is -2.08. The van der Waals surface area contributed by atoms with E-state index >= 15 is 0 Å². The maximum absolute atomic E-state index is 11.5. The van der Waals surface area contributed by atoms with Crippen LogP contribution in [0.1, 0.15) is 58.3 Å². The summed E-state index contributed by atoms with van der Waals surface area (Å²) in [6.07, 6.45) is 5.27. The van der Waals surface area contributed by atoms with E-state index in [1.54, 1.807) is 0 Å². The van der Waals surface area contributed by atoms with Crippen molar-refractivity contribution in [1.29, 1.82) is 0 Å². The van der Waals surface area contributed by atoms with Crippen LogP contribution in [0, 0.1) is 0 Å². The Labute approximate surface area is 183 Å². The van der Waals surface area contributed by atoms with Crippen LogP contribution in [0.4, 0.5) is 0 Å². The van der Waals surface area contributed by atoms with E-state index < -0.39 is 17.7 Å². The normalized spacial score (nSPS) is 10.6. The summed E-state index contributed by atoms with van der Waals surface area (Å²) in [6, 6.07) is 0. The zero-order valence-electron chi connectivity index (χ0n) is 18.4.